The van der Waals surface area contributed by atoms with Gasteiger partial charge < -0.3 is 9.47 Å². The van der Waals surface area contributed by atoms with Gasteiger partial charge in [0.25, 0.3) is 0 Å². The molecule has 0 saturated heterocycles. The summed E-state index contributed by atoms with van der Waals surface area (Å²) in [6.07, 6.45) is 7.08. The van der Waals surface area contributed by atoms with Crippen molar-refractivity contribution in [2.24, 2.45) is 5.92 Å². The molecule has 1 unspecified atom stereocenters. The largest absolute Gasteiger partial charge is 0.493 e. The van der Waals surface area contributed by atoms with E-state index in [0.717, 1.165) is 35.8 Å². The highest BCUT2D eigenvalue weighted by atomic mass is 16.5. The monoisotopic (exact) mass is 283 g/mol. The van der Waals surface area contributed by atoms with Crippen molar-refractivity contribution in [1.82, 2.24) is 4.98 Å². The Balaban J connectivity index is 1.81. The number of pyridine rings is 1. The Morgan fingerprint density at radius 1 is 1.14 bits per heavy atom. The summed E-state index contributed by atoms with van der Waals surface area (Å²) in [6.45, 7) is 2.84. The van der Waals surface area contributed by atoms with Crippen LogP contribution in [0, 0.1) is 5.92 Å². The number of aryl methyl sites for hydroxylation is 1. The van der Waals surface area contributed by atoms with Crippen molar-refractivity contribution in [2.75, 3.05) is 7.11 Å². The second-order valence-corrected chi connectivity index (χ2v) is 5.76. The van der Waals surface area contributed by atoms with Gasteiger partial charge in [-0.1, -0.05) is 6.92 Å². The van der Waals surface area contributed by atoms with Gasteiger partial charge in [-0.15, -0.1) is 0 Å². The van der Waals surface area contributed by atoms with Gasteiger partial charge in [0.05, 0.1) is 7.11 Å². The molecule has 1 aromatic carbocycles. The second-order valence-electron chi connectivity index (χ2n) is 5.76. The molecule has 1 aliphatic carbocycles. The van der Waals surface area contributed by atoms with Crippen molar-refractivity contribution in [3.8, 4) is 11.5 Å². The lowest BCUT2D eigenvalue weighted by Gasteiger charge is -2.23. The highest BCUT2D eigenvalue weighted by molar-refractivity contribution is 5.48. The van der Waals surface area contributed by atoms with Crippen LogP contribution in [-0.2, 0) is 19.4 Å². The van der Waals surface area contributed by atoms with E-state index in [9.17, 15) is 0 Å². The first kappa shape index (κ1) is 13.9. The number of benzene rings is 1. The number of hydrogen-bond donors (Lipinski definition) is 0. The Bertz CT molecular complexity index is 610. The highest BCUT2D eigenvalue weighted by Crippen LogP contribution is 2.36. The Morgan fingerprint density at radius 2 is 1.90 bits per heavy atom. The first-order valence-corrected chi connectivity index (χ1v) is 7.47. The average molecular weight is 283 g/mol. The molecule has 3 heteroatoms. The molecule has 0 aliphatic heterocycles. The summed E-state index contributed by atoms with van der Waals surface area (Å²) < 4.78 is 11.5. The molecule has 0 amide bonds. The van der Waals surface area contributed by atoms with Crippen LogP contribution in [0.15, 0.2) is 36.7 Å². The minimum absolute atomic E-state index is 0.536. The minimum Gasteiger partial charge on any atom is -0.493 e. The maximum Gasteiger partial charge on any atom is 0.161 e. The third-order valence-electron chi connectivity index (χ3n) is 4.10. The van der Waals surface area contributed by atoms with Crippen LogP contribution in [0.2, 0.25) is 0 Å². The molecular formula is C18H21NO2. The van der Waals surface area contributed by atoms with Crippen molar-refractivity contribution in [1.29, 1.82) is 0 Å². The van der Waals surface area contributed by atoms with E-state index in [4.69, 9.17) is 9.47 Å². The third-order valence-corrected chi connectivity index (χ3v) is 4.10. The molecule has 3 nitrogen and oxygen atoms in total. The normalized spacial score (nSPS) is 17.1. The average Bonchev–Trinajstić information content (AvgIpc) is 2.53. The second kappa shape index (κ2) is 6.17. The van der Waals surface area contributed by atoms with Gasteiger partial charge in [-0.05, 0) is 66.1 Å². The Labute approximate surface area is 125 Å². The molecule has 0 saturated carbocycles. The molecule has 21 heavy (non-hydrogen) atoms. The maximum atomic E-state index is 5.95. The first-order chi connectivity index (χ1) is 10.3. The maximum absolute atomic E-state index is 5.95. The van der Waals surface area contributed by atoms with E-state index in [-0.39, 0.29) is 0 Å². The van der Waals surface area contributed by atoms with E-state index in [1.165, 1.54) is 17.5 Å². The summed E-state index contributed by atoms with van der Waals surface area (Å²) in [7, 11) is 1.70. The predicted molar refractivity (Wildman–Crippen MR) is 82.8 cm³/mol. The van der Waals surface area contributed by atoms with Gasteiger partial charge in [0.1, 0.15) is 6.61 Å². The molecule has 2 aromatic rings. The fourth-order valence-corrected chi connectivity index (χ4v) is 2.86. The Hall–Kier alpha value is -2.03. The molecule has 1 atom stereocenters. The zero-order chi connectivity index (χ0) is 14.7. The molecule has 0 bridgehead atoms. The molecule has 0 spiro atoms. The van der Waals surface area contributed by atoms with Crippen molar-refractivity contribution >= 4 is 0 Å². The molecular weight excluding hydrogens is 262 g/mol. The van der Waals surface area contributed by atoms with Gasteiger partial charge in [-0.3, -0.25) is 4.98 Å². The molecule has 1 heterocycles. The molecule has 0 radical (unpaired) electrons. The first-order valence-electron chi connectivity index (χ1n) is 7.47. The lowest BCUT2D eigenvalue weighted by Crippen LogP contribution is -2.12. The summed E-state index contributed by atoms with van der Waals surface area (Å²) in [6, 6.07) is 8.23. The van der Waals surface area contributed by atoms with E-state index in [0.29, 0.717) is 6.61 Å². The van der Waals surface area contributed by atoms with Crippen molar-refractivity contribution in [3.05, 3.63) is 53.3 Å². The van der Waals surface area contributed by atoms with Gasteiger partial charge in [-0.25, -0.2) is 0 Å². The van der Waals surface area contributed by atoms with Crippen LogP contribution in [0.4, 0.5) is 0 Å². The van der Waals surface area contributed by atoms with Crippen LogP contribution in [0.3, 0.4) is 0 Å². The summed E-state index contributed by atoms with van der Waals surface area (Å²) in [5, 5.41) is 0. The van der Waals surface area contributed by atoms with Crippen LogP contribution in [-0.4, -0.2) is 12.1 Å². The SMILES string of the molecule is COc1cc2c(cc1OCc1ccncc1)CCC(C)C2. The number of aromatic nitrogens is 1. The topological polar surface area (TPSA) is 31.4 Å². The number of methoxy groups -OCH3 is 1. The van der Waals surface area contributed by atoms with Crippen molar-refractivity contribution < 1.29 is 9.47 Å². The lowest BCUT2D eigenvalue weighted by atomic mass is 9.85. The molecule has 110 valence electrons. The summed E-state index contributed by atoms with van der Waals surface area (Å²) in [5.74, 6) is 2.42. The molecule has 1 aromatic heterocycles. The zero-order valence-corrected chi connectivity index (χ0v) is 12.6. The molecule has 0 N–H and O–H groups in total. The van der Waals surface area contributed by atoms with Crippen LogP contribution in [0.25, 0.3) is 0 Å². The molecule has 3 rings (SSSR count). The highest BCUT2D eigenvalue weighted by Gasteiger charge is 2.18. The minimum atomic E-state index is 0.536. The lowest BCUT2D eigenvalue weighted by molar-refractivity contribution is 0.283. The number of nitrogens with zero attached hydrogens (tertiary/aromatic N) is 1. The fourth-order valence-electron chi connectivity index (χ4n) is 2.86. The van der Waals surface area contributed by atoms with E-state index >= 15 is 0 Å². The predicted octanol–water partition coefficient (Wildman–Crippen LogP) is 3.79. The van der Waals surface area contributed by atoms with E-state index in [2.05, 4.69) is 24.0 Å². The van der Waals surface area contributed by atoms with E-state index < -0.39 is 0 Å². The van der Waals surface area contributed by atoms with Crippen molar-refractivity contribution in [3.63, 3.8) is 0 Å². The standard InChI is InChI=1S/C18H21NO2/c1-13-3-4-15-10-18(17(20-2)11-16(15)9-13)21-12-14-5-7-19-8-6-14/h5-8,10-11,13H,3-4,9,12H2,1-2H3. The summed E-state index contributed by atoms with van der Waals surface area (Å²) in [5.41, 5.74) is 3.92. The Morgan fingerprint density at radius 3 is 2.67 bits per heavy atom. The van der Waals surface area contributed by atoms with Crippen LogP contribution >= 0.6 is 0 Å². The number of fused-ring (bicyclic) bond motifs is 1. The molecule has 0 fully saturated rings. The van der Waals surface area contributed by atoms with Gasteiger partial charge >= 0.3 is 0 Å². The number of ether oxygens (including phenoxy) is 2. The smallest absolute Gasteiger partial charge is 0.161 e. The van der Waals surface area contributed by atoms with Crippen molar-refractivity contribution in [2.45, 2.75) is 32.8 Å². The van der Waals surface area contributed by atoms with Gasteiger partial charge in [0, 0.05) is 12.4 Å². The molecule has 1 aliphatic rings. The zero-order valence-electron chi connectivity index (χ0n) is 12.6. The number of rotatable bonds is 4. The summed E-state index contributed by atoms with van der Waals surface area (Å²) in [4.78, 5) is 4.02. The van der Waals surface area contributed by atoms with Gasteiger partial charge in [-0.2, -0.15) is 0 Å². The van der Waals surface area contributed by atoms with Crippen LogP contribution in [0.1, 0.15) is 30.0 Å². The fraction of sp³-hybridized carbons (Fsp3) is 0.389. The van der Waals surface area contributed by atoms with E-state index in [1.54, 1.807) is 19.5 Å². The Kier molecular flexibility index (Phi) is 4.09. The third kappa shape index (κ3) is 3.18. The number of hydrogen-bond acceptors (Lipinski definition) is 3. The summed E-state index contributed by atoms with van der Waals surface area (Å²) >= 11 is 0. The van der Waals surface area contributed by atoms with Crippen LogP contribution in [0.5, 0.6) is 11.5 Å². The van der Waals surface area contributed by atoms with Gasteiger partial charge in [0.2, 0.25) is 0 Å². The van der Waals surface area contributed by atoms with Crippen LogP contribution < -0.4 is 9.47 Å². The van der Waals surface area contributed by atoms with E-state index in [1.807, 2.05) is 12.1 Å². The quantitative estimate of drug-likeness (QED) is 0.855. The van der Waals surface area contributed by atoms with Gasteiger partial charge in [0.15, 0.2) is 11.5 Å².